The lowest BCUT2D eigenvalue weighted by Gasteiger charge is -2.34. The fourth-order valence-electron chi connectivity index (χ4n) is 4.80. The summed E-state index contributed by atoms with van der Waals surface area (Å²) in [6, 6.07) is 16.8. The Balaban J connectivity index is 1.38. The monoisotopic (exact) mass is 535 g/mol. The minimum absolute atomic E-state index is 0.0280. The van der Waals surface area contributed by atoms with E-state index in [4.69, 9.17) is 18.9 Å². The van der Waals surface area contributed by atoms with Crippen LogP contribution in [0.4, 0.5) is 5.82 Å². The van der Waals surface area contributed by atoms with E-state index in [-0.39, 0.29) is 12.4 Å². The SMILES string of the molecule is Cc1ccc(C(=O)OC[C@H]2O[C@](CO)(n3ccc(NC(=O)c4ccccc4)nc3=O)[C@@H]3OC(C)(C)O[C@@H]32)cc1. The van der Waals surface area contributed by atoms with Gasteiger partial charge >= 0.3 is 11.7 Å². The van der Waals surface area contributed by atoms with Gasteiger partial charge in [-0.25, -0.2) is 9.59 Å². The number of benzene rings is 2. The second-order valence-corrected chi connectivity index (χ2v) is 9.93. The van der Waals surface area contributed by atoms with E-state index in [9.17, 15) is 19.5 Å². The Morgan fingerprint density at radius 2 is 1.74 bits per heavy atom. The van der Waals surface area contributed by atoms with Crippen LogP contribution in [-0.2, 0) is 24.7 Å². The fraction of sp³-hybridized carbons (Fsp3) is 0.357. The molecule has 4 atom stereocenters. The van der Waals surface area contributed by atoms with Gasteiger partial charge in [-0.1, -0.05) is 35.9 Å². The van der Waals surface area contributed by atoms with Gasteiger partial charge in [0, 0.05) is 11.8 Å². The van der Waals surface area contributed by atoms with Crippen LogP contribution in [0.2, 0.25) is 0 Å². The number of aliphatic hydroxyl groups is 1. The Hall–Kier alpha value is -3.90. The lowest BCUT2D eigenvalue weighted by atomic mass is 10.0. The summed E-state index contributed by atoms with van der Waals surface area (Å²) in [7, 11) is 0. The number of hydrogen-bond acceptors (Lipinski definition) is 9. The van der Waals surface area contributed by atoms with Crippen molar-refractivity contribution in [3.05, 3.63) is 94.0 Å². The van der Waals surface area contributed by atoms with E-state index in [1.165, 1.54) is 12.3 Å². The van der Waals surface area contributed by atoms with E-state index in [2.05, 4.69) is 10.3 Å². The maximum atomic E-state index is 13.2. The number of carbonyl (C=O) groups is 2. The van der Waals surface area contributed by atoms with Crippen LogP contribution in [0, 0.1) is 6.92 Å². The van der Waals surface area contributed by atoms with Gasteiger partial charge in [-0.3, -0.25) is 9.36 Å². The molecule has 2 N–H and O–H groups in total. The molecule has 2 aliphatic heterocycles. The first-order chi connectivity index (χ1) is 18.6. The molecule has 39 heavy (non-hydrogen) atoms. The predicted molar refractivity (Wildman–Crippen MR) is 138 cm³/mol. The topological polar surface area (TPSA) is 138 Å². The standard InChI is InChI=1S/C28H29N3O8/c1-17-9-11-19(12-10-17)25(34)36-15-20-22-23(39-27(2,3)38-22)28(16-32,37-20)31-14-13-21(30-26(31)35)29-24(33)18-7-5-4-6-8-18/h4-14,20,22-23,32H,15-16H2,1-3H3,(H,29,30,33,35)/t20-,22-,23-,28+/m1/s1. The third kappa shape index (κ3) is 5.21. The van der Waals surface area contributed by atoms with Gasteiger partial charge in [0.1, 0.15) is 30.7 Å². The van der Waals surface area contributed by atoms with Crippen LogP contribution >= 0.6 is 0 Å². The van der Waals surface area contributed by atoms with Crippen LogP contribution in [0.15, 0.2) is 71.7 Å². The van der Waals surface area contributed by atoms with Gasteiger partial charge in [0.25, 0.3) is 5.91 Å². The van der Waals surface area contributed by atoms with Gasteiger partial charge in [0.15, 0.2) is 5.79 Å². The zero-order valence-electron chi connectivity index (χ0n) is 21.7. The maximum Gasteiger partial charge on any atom is 0.352 e. The molecule has 2 aliphatic rings. The van der Waals surface area contributed by atoms with Crippen LogP contribution in [-0.4, -0.2) is 63.8 Å². The largest absolute Gasteiger partial charge is 0.459 e. The molecule has 0 spiro atoms. The summed E-state index contributed by atoms with van der Waals surface area (Å²) in [6.07, 6.45) is -1.19. The first kappa shape index (κ1) is 26.7. The van der Waals surface area contributed by atoms with Crippen LogP contribution in [0.25, 0.3) is 0 Å². The molecule has 11 nitrogen and oxygen atoms in total. The molecule has 0 aliphatic carbocycles. The van der Waals surface area contributed by atoms with Crippen molar-refractivity contribution in [1.29, 1.82) is 0 Å². The van der Waals surface area contributed by atoms with Crippen LogP contribution < -0.4 is 11.0 Å². The second kappa shape index (κ2) is 10.3. The van der Waals surface area contributed by atoms with Gasteiger partial charge in [0.2, 0.25) is 5.72 Å². The van der Waals surface area contributed by atoms with Crippen LogP contribution in [0.5, 0.6) is 0 Å². The number of rotatable bonds is 7. The molecule has 0 bridgehead atoms. The molecule has 204 valence electrons. The highest BCUT2D eigenvalue weighted by molar-refractivity contribution is 6.03. The fourth-order valence-corrected chi connectivity index (χ4v) is 4.80. The Morgan fingerprint density at radius 3 is 2.41 bits per heavy atom. The molecule has 11 heteroatoms. The van der Waals surface area contributed by atoms with Crippen molar-refractivity contribution in [3.8, 4) is 0 Å². The van der Waals surface area contributed by atoms with Crippen molar-refractivity contribution in [2.45, 2.75) is 50.6 Å². The third-order valence-corrected chi connectivity index (χ3v) is 6.68. The molecule has 0 unspecified atom stereocenters. The predicted octanol–water partition coefficient (Wildman–Crippen LogP) is 2.23. The minimum atomic E-state index is -1.72. The quantitative estimate of drug-likeness (QED) is 0.436. The molecular weight excluding hydrogens is 506 g/mol. The van der Waals surface area contributed by atoms with Gasteiger partial charge in [0.05, 0.1) is 12.2 Å². The molecule has 2 fully saturated rings. The smallest absolute Gasteiger partial charge is 0.352 e. The lowest BCUT2D eigenvalue weighted by molar-refractivity contribution is -0.244. The van der Waals surface area contributed by atoms with Crippen molar-refractivity contribution in [3.63, 3.8) is 0 Å². The van der Waals surface area contributed by atoms with Crippen molar-refractivity contribution >= 4 is 17.7 Å². The highest BCUT2D eigenvalue weighted by Gasteiger charge is 2.64. The molecule has 2 saturated heterocycles. The zero-order valence-corrected chi connectivity index (χ0v) is 21.7. The van der Waals surface area contributed by atoms with E-state index in [1.54, 1.807) is 68.4 Å². The first-order valence-corrected chi connectivity index (χ1v) is 12.5. The summed E-state index contributed by atoms with van der Waals surface area (Å²) in [6.45, 7) is 4.45. The zero-order chi connectivity index (χ0) is 27.8. The van der Waals surface area contributed by atoms with Gasteiger partial charge in [-0.05, 0) is 51.1 Å². The number of aryl methyl sites for hydroxylation is 1. The molecule has 0 saturated carbocycles. The number of nitrogens with zero attached hydrogens (tertiary/aromatic N) is 2. The van der Waals surface area contributed by atoms with Crippen LogP contribution in [0.3, 0.4) is 0 Å². The summed E-state index contributed by atoms with van der Waals surface area (Å²) in [5.41, 5.74) is -0.727. The van der Waals surface area contributed by atoms with E-state index in [0.29, 0.717) is 11.1 Å². The summed E-state index contributed by atoms with van der Waals surface area (Å²) in [5.74, 6) is -2.01. The van der Waals surface area contributed by atoms with Gasteiger partial charge in [-0.15, -0.1) is 0 Å². The van der Waals surface area contributed by atoms with Crippen molar-refractivity contribution in [2.75, 3.05) is 18.5 Å². The average Bonchev–Trinajstić information content (AvgIpc) is 3.39. The number of nitrogens with one attached hydrogen (secondary N) is 1. The van der Waals surface area contributed by atoms with Crippen molar-refractivity contribution < 1.29 is 33.6 Å². The number of aliphatic hydroxyl groups excluding tert-OH is 1. The number of hydrogen-bond donors (Lipinski definition) is 2. The Labute approximate surface area is 224 Å². The van der Waals surface area contributed by atoms with E-state index in [0.717, 1.165) is 10.1 Å². The number of carbonyl (C=O) groups excluding carboxylic acids is 2. The number of amides is 1. The highest BCUT2D eigenvalue weighted by Crippen LogP contribution is 2.46. The van der Waals surface area contributed by atoms with Crippen molar-refractivity contribution in [1.82, 2.24) is 9.55 Å². The number of ether oxygens (including phenoxy) is 4. The summed E-state index contributed by atoms with van der Waals surface area (Å²) < 4.78 is 24.9. The number of anilines is 1. The number of esters is 1. The molecule has 1 amide bonds. The minimum Gasteiger partial charge on any atom is -0.459 e. The van der Waals surface area contributed by atoms with Crippen molar-refractivity contribution in [2.24, 2.45) is 0 Å². The molecule has 5 rings (SSSR count). The molecular formula is C28H29N3O8. The van der Waals surface area contributed by atoms with Crippen LogP contribution in [0.1, 0.15) is 40.1 Å². The van der Waals surface area contributed by atoms with E-state index in [1.807, 2.05) is 6.92 Å². The summed E-state index contributed by atoms with van der Waals surface area (Å²) >= 11 is 0. The Morgan fingerprint density at radius 1 is 1.03 bits per heavy atom. The highest BCUT2D eigenvalue weighted by atomic mass is 16.8. The molecule has 3 heterocycles. The lowest BCUT2D eigenvalue weighted by Crippen LogP contribution is -2.53. The molecule has 0 radical (unpaired) electrons. The van der Waals surface area contributed by atoms with E-state index >= 15 is 0 Å². The normalized spacial score (nSPS) is 25.2. The number of aromatic nitrogens is 2. The maximum absolute atomic E-state index is 13.2. The number of fused-ring (bicyclic) bond motifs is 1. The Bertz CT molecular complexity index is 1420. The van der Waals surface area contributed by atoms with E-state index < -0.39 is 54.0 Å². The first-order valence-electron chi connectivity index (χ1n) is 12.5. The summed E-state index contributed by atoms with van der Waals surface area (Å²) in [5, 5.41) is 13.1. The summed E-state index contributed by atoms with van der Waals surface area (Å²) in [4.78, 5) is 42.3. The average molecular weight is 536 g/mol. The van der Waals surface area contributed by atoms with Gasteiger partial charge in [-0.2, -0.15) is 4.98 Å². The second-order valence-electron chi connectivity index (χ2n) is 9.93. The molecule has 3 aromatic rings. The third-order valence-electron chi connectivity index (χ3n) is 6.68. The van der Waals surface area contributed by atoms with Gasteiger partial charge < -0.3 is 29.4 Å². The molecule has 2 aromatic carbocycles. The Kier molecular flexibility index (Phi) is 7.08. The molecule has 1 aromatic heterocycles.